The zero-order valence-electron chi connectivity index (χ0n) is 15.9. The fourth-order valence-corrected chi connectivity index (χ4v) is 4.58. The first-order valence-electron chi connectivity index (χ1n) is 9.02. The summed E-state index contributed by atoms with van der Waals surface area (Å²) in [7, 11) is 0. The number of thioether (sulfide) groups is 2. The van der Waals surface area contributed by atoms with Gasteiger partial charge in [0.15, 0.2) is 0 Å². The minimum atomic E-state index is -0.517. The normalized spacial score (nSPS) is 14.6. The van der Waals surface area contributed by atoms with Crippen LogP contribution in [0.15, 0.2) is 41.3 Å². The van der Waals surface area contributed by atoms with Gasteiger partial charge in [-0.15, -0.1) is 11.8 Å². The van der Waals surface area contributed by atoms with Crippen LogP contribution in [-0.4, -0.2) is 46.6 Å². The van der Waals surface area contributed by atoms with E-state index in [9.17, 15) is 14.9 Å². The number of anilines is 1. The van der Waals surface area contributed by atoms with Crippen molar-refractivity contribution in [2.45, 2.75) is 18.4 Å². The van der Waals surface area contributed by atoms with Gasteiger partial charge in [0.1, 0.15) is 5.56 Å². The summed E-state index contributed by atoms with van der Waals surface area (Å²) >= 11 is 3.42. The van der Waals surface area contributed by atoms with E-state index >= 15 is 0 Å². The van der Waals surface area contributed by atoms with Crippen LogP contribution in [0.25, 0.3) is 0 Å². The van der Waals surface area contributed by atoms with E-state index < -0.39 is 10.8 Å². The highest BCUT2D eigenvalue weighted by atomic mass is 32.2. The molecule has 1 aliphatic heterocycles. The first kappa shape index (κ1) is 20.7. The lowest BCUT2D eigenvalue weighted by molar-refractivity contribution is -0.385. The number of hydrogen-bond acceptors (Lipinski definition) is 6. The Morgan fingerprint density at radius 1 is 1.29 bits per heavy atom. The van der Waals surface area contributed by atoms with Gasteiger partial charge < -0.3 is 5.32 Å². The average molecular weight is 418 g/mol. The fraction of sp³-hybridized carbons (Fsp3) is 0.350. The third-order valence-corrected chi connectivity index (χ3v) is 6.50. The molecule has 1 N–H and O–H groups in total. The molecule has 1 saturated heterocycles. The second-order valence-electron chi connectivity index (χ2n) is 6.57. The van der Waals surface area contributed by atoms with Gasteiger partial charge in [0, 0.05) is 47.8 Å². The number of nitro groups is 1. The van der Waals surface area contributed by atoms with E-state index in [0.29, 0.717) is 5.69 Å². The Morgan fingerprint density at radius 3 is 2.71 bits per heavy atom. The van der Waals surface area contributed by atoms with Gasteiger partial charge in [0.05, 0.1) is 4.92 Å². The predicted molar refractivity (Wildman–Crippen MR) is 117 cm³/mol. The second-order valence-corrected chi connectivity index (χ2v) is 8.68. The molecule has 1 heterocycles. The summed E-state index contributed by atoms with van der Waals surface area (Å²) < 4.78 is 0. The molecule has 2 aromatic carbocycles. The van der Waals surface area contributed by atoms with E-state index in [2.05, 4.69) is 16.3 Å². The molecule has 0 bridgehead atoms. The number of carbonyl (C=O) groups excluding carboxylic acids is 1. The Kier molecular flexibility index (Phi) is 6.98. The number of nitrogens with one attached hydrogen (secondary N) is 1. The molecule has 0 aliphatic carbocycles. The summed E-state index contributed by atoms with van der Waals surface area (Å²) in [5.74, 6) is 1.83. The maximum atomic E-state index is 12.8. The van der Waals surface area contributed by atoms with Crippen LogP contribution in [0.2, 0.25) is 0 Å². The molecule has 0 spiro atoms. The molecule has 1 fully saturated rings. The van der Waals surface area contributed by atoms with Crippen molar-refractivity contribution >= 4 is 40.8 Å². The Balaban J connectivity index is 1.83. The van der Waals surface area contributed by atoms with Gasteiger partial charge in [0.2, 0.25) is 0 Å². The van der Waals surface area contributed by atoms with Crippen molar-refractivity contribution in [2.24, 2.45) is 0 Å². The maximum Gasteiger partial charge on any atom is 0.282 e. The van der Waals surface area contributed by atoms with E-state index in [1.807, 2.05) is 37.1 Å². The van der Waals surface area contributed by atoms with Crippen molar-refractivity contribution in [3.05, 3.63) is 63.2 Å². The Bertz CT molecular complexity index is 883. The molecule has 0 aromatic heterocycles. The van der Waals surface area contributed by atoms with Crippen molar-refractivity contribution in [2.75, 3.05) is 36.2 Å². The van der Waals surface area contributed by atoms with Crippen molar-refractivity contribution in [1.29, 1.82) is 0 Å². The van der Waals surface area contributed by atoms with Crippen molar-refractivity contribution in [3.63, 3.8) is 0 Å². The number of nitrogens with zero attached hydrogens (tertiary/aromatic N) is 2. The monoisotopic (exact) mass is 417 g/mol. The zero-order chi connectivity index (χ0) is 20.1. The molecular weight excluding hydrogens is 394 g/mol. The highest BCUT2D eigenvalue weighted by Gasteiger charge is 2.22. The van der Waals surface area contributed by atoms with E-state index in [-0.39, 0.29) is 11.3 Å². The molecule has 1 aliphatic rings. The second kappa shape index (κ2) is 9.45. The smallest absolute Gasteiger partial charge is 0.282 e. The van der Waals surface area contributed by atoms with Crippen LogP contribution in [-0.2, 0) is 6.54 Å². The zero-order valence-corrected chi connectivity index (χ0v) is 17.6. The minimum absolute atomic E-state index is 0.0784. The third kappa shape index (κ3) is 4.87. The van der Waals surface area contributed by atoms with E-state index in [0.717, 1.165) is 47.2 Å². The number of hydrogen-bond donors (Lipinski definition) is 1. The standard InChI is InChI=1S/C20H23N3O3S2/c1-14-15(13-22-8-10-28-11-9-22)4-3-5-18(14)21-20(24)17-12-16(27-2)6-7-19(17)23(25)26/h3-7,12H,8-11,13H2,1-2H3,(H,21,24). The quantitative estimate of drug-likeness (QED) is 0.426. The summed E-state index contributed by atoms with van der Waals surface area (Å²) in [6.45, 7) is 4.96. The average Bonchev–Trinajstić information content (AvgIpc) is 2.71. The SMILES string of the molecule is CSc1ccc([N+](=O)[O-])c(C(=O)Nc2cccc(CN3CCSCC3)c2C)c1. The largest absolute Gasteiger partial charge is 0.322 e. The highest BCUT2D eigenvalue weighted by molar-refractivity contribution is 7.99. The van der Waals surface area contributed by atoms with Crippen LogP contribution in [0.3, 0.4) is 0 Å². The van der Waals surface area contributed by atoms with Gasteiger partial charge in [-0.25, -0.2) is 0 Å². The lowest BCUT2D eigenvalue weighted by Gasteiger charge is -2.27. The van der Waals surface area contributed by atoms with Crippen LogP contribution < -0.4 is 5.32 Å². The first-order chi connectivity index (χ1) is 13.5. The molecular formula is C20H23N3O3S2. The molecule has 0 saturated carbocycles. The Labute approximate surface area is 173 Å². The number of amides is 1. The molecule has 0 unspecified atom stereocenters. The number of rotatable bonds is 6. The van der Waals surface area contributed by atoms with Gasteiger partial charge in [-0.1, -0.05) is 12.1 Å². The molecule has 1 amide bonds. The fourth-order valence-electron chi connectivity index (χ4n) is 3.16. The molecule has 2 aromatic rings. The highest BCUT2D eigenvalue weighted by Crippen LogP contribution is 2.27. The van der Waals surface area contributed by atoms with Crippen molar-refractivity contribution < 1.29 is 9.72 Å². The van der Waals surface area contributed by atoms with E-state index in [4.69, 9.17) is 0 Å². The predicted octanol–water partition coefficient (Wildman–Crippen LogP) is 4.43. The third-order valence-electron chi connectivity index (χ3n) is 4.84. The summed E-state index contributed by atoms with van der Waals surface area (Å²) in [4.78, 5) is 26.9. The Morgan fingerprint density at radius 2 is 2.04 bits per heavy atom. The van der Waals surface area contributed by atoms with Crippen LogP contribution in [0.1, 0.15) is 21.5 Å². The summed E-state index contributed by atoms with van der Waals surface area (Å²) in [5.41, 5.74) is 2.75. The van der Waals surface area contributed by atoms with Gasteiger partial charge in [-0.2, -0.15) is 11.8 Å². The molecule has 148 valence electrons. The number of benzene rings is 2. The molecule has 0 atom stereocenters. The van der Waals surface area contributed by atoms with Gasteiger partial charge >= 0.3 is 0 Å². The number of carbonyl (C=O) groups is 1. The van der Waals surface area contributed by atoms with Crippen LogP contribution >= 0.6 is 23.5 Å². The van der Waals surface area contributed by atoms with Crippen molar-refractivity contribution in [1.82, 2.24) is 4.90 Å². The molecule has 6 nitrogen and oxygen atoms in total. The maximum absolute atomic E-state index is 12.8. The van der Waals surface area contributed by atoms with Crippen LogP contribution in [0, 0.1) is 17.0 Å². The van der Waals surface area contributed by atoms with E-state index in [1.165, 1.54) is 17.8 Å². The lowest BCUT2D eigenvalue weighted by atomic mass is 10.1. The molecule has 0 radical (unpaired) electrons. The summed E-state index contributed by atoms with van der Waals surface area (Å²) in [5, 5.41) is 14.2. The van der Waals surface area contributed by atoms with Crippen LogP contribution in [0.4, 0.5) is 11.4 Å². The lowest BCUT2D eigenvalue weighted by Crippen LogP contribution is -2.32. The van der Waals surface area contributed by atoms with Gasteiger partial charge in [0.25, 0.3) is 11.6 Å². The van der Waals surface area contributed by atoms with E-state index in [1.54, 1.807) is 12.1 Å². The van der Waals surface area contributed by atoms with Crippen LogP contribution in [0.5, 0.6) is 0 Å². The van der Waals surface area contributed by atoms with Gasteiger partial charge in [-0.3, -0.25) is 19.8 Å². The summed E-state index contributed by atoms with van der Waals surface area (Å²) in [6, 6.07) is 10.4. The summed E-state index contributed by atoms with van der Waals surface area (Å²) in [6.07, 6.45) is 1.87. The first-order valence-corrected chi connectivity index (χ1v) is 11.4. The Hall–Kier alpha value is -2.03. The molecule has 28 heavy (non-hydrogen) atoms. The molecule has 3 rings (SSSR count). The minimum Gasteiger partial charge on any atom is -0.322 e. The topological polar surface area (TPSA) is 75.5 Å². The molecule has 8 heteroatoms. The number of nitro benzene ring substituents is 1. The van der Waals surface area contributed by atoms with Gasteiger partial charge in [-0.05, 0) is 42.5 Å². The van der Waals surface area contributed by atoms with Crippen molar-refractivity contribution in [3.8, 4) is 0 Å².